The minimum absolute atomic E-state index is 0.0645. The third-order valence-electron chi connectivity index (χ3n) is 5.40. The quantitative estimate of drug-likeness (QED) is 0.261. The molecule has 29 heavy (non-hydrogen) atoms. The van der Waals surface area contributed by atoms with Gasteiger partial charge in [0.2, 0.25) is 5.91 Å². The lowest BCUT2D eigenvalue weighted by Gasteiger charge is -2.16. The number of carbonyl (C=O) groups excluding carboxylic acids is 2. The predicted octanol–water partition coefficient (Wildman–Crippen LogP) is 2.66. The molecule has 1 rings (SSSR count). The van der Waals surface area contributed by atoms with Gasteiger partial charge in [0, 0.05) is 30.7 Å². The van der Waals surface area contributed by atoms with E-state index >= 15 is 0 Å². The van der Waals surface area contributed by atoms with E-state index in [4.69, 9.17) is 5.11 Å². The number of aliphatic hydroxyl groups excluding tert-OH is 3. The van der Waals surface area contributed by atoms with Crippen LogP contribution in [0.25, 0.3) is 0 Å². The summed E-state index contributed by atoms with van der Waals surface area (Å²) in [6.45, 7) is 3.80. The molecular weight excluding hydrogens is 370 g/mol. The zero-order valence-corrected chi connectivity index (χ0v) is 17.9. The first-order valence-corrected chi connectivity index (χ1v) is 11.0. The zero-order chi connectivity index (χ0) is 21.6. The van der Waals surface area contributed by atoms with Gasteiger partial charge in [0.05, 0.1) is 18.8 Å². The minimum atomic E-state index is -0.683. The summed E-state index contributed by atoms with van der Waals surface area (Å²) in [5, 5.41) is 31.9. The number of unbranched alkanes of at least 4 members (excludes halogenated alkanes) is 3. The van der Waals surface area contributed by atoms with Crippen molar-refractivity contribution in [3.63, 3.8) is 0 Å². The van der Waals surface area contributed by atoms with Crippen LogP contribution < -0.4 is 5.32 Å². The van der Waals surface area contributed by atoms with E-state index in [9.17, 15) is 19.8 Å². The van der Waals surface area contributed by atoms with Crippen LogP contribution in [-0.2, 0) is 9.59 Å². The smallest absolute Gasteiger partial charge is 0.220 e. The summed E-state index contributed by atoms with van der Waals surface area (Å²) in [5.41, 5.74) is 0. The predicted molar refractivity (Wildman–Crippen MR) is 114 cm³/mol. The number of ketones is 1. The highest BCUT2D eigenvalue weighted by molar-refractivity contribution is 5.84. The maximum absolute atomic E-state index is 12.2. The molecule has 0 aromatic heterocycles. The highest BCUT2D eigenvalue weighted by Gasteiger charge is 2.39. The van der Waals surface area contributed by atoms with Crippen LogP contribution in [0.15, 0.2) is 24.3 Å². The van der Waals surface area contributed by atoms with Crippen molar-refractivity contribution in [1.29, 1.82) is 0 Å². The first kappa shape index (κ1) is 25.5. The van der Waals surface area contributed by atoms with Crippen LogP contribution in [0.5, 0.6) is 0 Å². The van der Waals surface area contributed by atoms with Crippen molar-refractivity contribution in [1.82, 2.24) is 5.32 Å². The van der Waals surface area contributed by atoms with Crippen LogP contribution in [0.1, 0.15) is 71.6 Å². The molecule has 5 atom stereocenters. The van der Waals surface area contributed by atoms with Crippen LogP contribution in [-0.4, -0.2) is 51.9 Å². The second-order valence-electron chi connectivity index (χ2n) is 8.12. The lowest BCUT2D eigenvalue weighted by molar-refractivity contribution is -0.122. The lowest BCUT2D eigenvalue weighted by Crippen LogP contribution is -2.34. The Morgan fingerprint density at radius 2 is 2.03 bits per heavy atom. The summed E-state index contributed by atoms with van der Waals surface area (Å²) in [4.78, 5) is 23.9. The summed E-state index contributed by atoms with van der Waals surface area (Å²) < 4.78 is 0. The molecule has 1 aliphatic carbocycles. The number of hydrogen-bond donors (Lipinski definition) is 4. The van der Waals surface area contributed by atoms with Gasteiger partial charge in [0.25, 0.3) is 0 Å². The van der Waals surface area contributed by atoms with Gasteiger partial charge in [-0.2, -0.15) is 0 Å². The van der Waals surface area contributed by atoms with E-state index in [0.29, 0.717) is 25.7 Å². The monoisotopic (exact) mass is 409 g/mol. The van der Waals surface area contributed by atoms with Crippen LogP contribution >= 0.6 is 0 Å². The van der Waals surface area contributed by atoms with E-state index in [2.05, 4.69) is 12.2 Å². The maximum atomic E-state index is 12.2. The van der Waals surface area contributed by atoms with Gasteiger partial charge in [-0.15, -0.1) is 0 Å². The van der Waals surface area contributed by atoms with Crippen molar-refractivity contribution < 1.29 is 24.9 Å². The van der Waals surface area contributed by atoms with Crippen molar-refractivity contribution in [3.05, 3.63) is 24.3 Å². The molecule has 1 aliphatic rings. The molecule has 0 heterocycles. The second kappa shape index (κ2) is 14.5. The van der Waals surface area contributed by atoms with Gasteiger partial charge in [0.15, 0.2) is 0 Å². The number of amides is 1. The van der Waals surface area contributed by atoms with E-state index in [1.165, 1.54) is 0 Å². The largest absolute Gasteiger partial charge is 0.394 e. The maximum Gasteiger partial charge on any atom is 0.220 e. The Morgan fingerprint density at radius 3 is 2.72 bits per heavy atom. The van der Waals surface area contributed by atoms with Gasteiger partial charge < -0.3 is 20.6 Å². The molecule has 0 bridgehead atoms. The molecule has 0 aliphatic heterocycles. The molecular formula is C23H39NO5. The highest BCUT2D eigenvalue weighted by Crippen LogP contribution is 2.33. The van der Waals surface area contributed by atoms with Crippen LogP contribution in [0.4, 0.5) is 0 Å². The Labute approximate surface area is 175 Å². The lowest BCUT2D eigenvalue weighted by atomic mass is 9.90. The van der Waals surface area contributed by atoms with Crippen LogP contribution in [0.2, 0.25) is 0 Å². The van der Waals surface area contributed by atoms with Gasteiger partial charge in [-0.3, -0.25) is 9.59 Å². The third-order valence-corrected chi connectivity index (χ3v) is 5.40. The van der Waals surface area contributed by atoms with E-state index in [1.807, 2.05) is 18.2 Å². The second-order valence-corrected chi connectivity index (χ2v) is 8.12. The van der Waals surface area contributed by atoms with Crippen molar-refractivity contribution in [2.24, 2.45) is 11.8 Å². The standard InChI is InChI=1S/C23H39NO5/c1-3-4-7-10-18(26)13-14-20-19(21(27)15-22(20)28)11-8-5-6-9-12-23(29)24-17(2)16-25/h5,8,13-14,17-20,22,25-26,28H,3-4,6-7,9-12,15-16H2,1-2H3,(H,24,29)/b8-5-,14-13+/t17-,18+,19-,20-,22-/m1/s1. The number of rotatable bonds is 14. The Hall–Kier alpha value is -1.50. The number of allylic oxidation sites excluding steroid dienone is 2. The van der Waals surface area contributed by atoms with Crippen molar-refractivity contribution in [2.45, 2.75) is 89.9 Å². The molecule has 4 N–H and O–H groups in total. The van der Waals surface area contributed by atoms with Crippen molar-refractivity contribution in [2.75, 3.05) is 6.61 Å². The Kier molecular flexibility index (Phi) is 12.7. The summed E-state index contributed by atoms with van der Waals surface area (Å²) in [6.07, 6.45) is 12.7. The third kappa shape index (κ3) is 10.2. The van der Waals surface area contributed by atoms with Gasteiger partial charge in [-0.05, 0) is 32.6 Å². The molecule has 1 fully saturated rings. The number of carbonyl (C=O) groups is 2. The summed E-state index contributed by atoms with van der Waals surface area (Å²) in [6, 6.07) is -0.229. The number of aliphatic hydroxyl groups is 3. The topological polar surface area (TPSA) is 107 Å². The van der Waals surface area contributed by atoms with E-state index < -0.39 is 12.2 Å². The number of Topliss-reactive ketones (excluding diaryl/α,β-unsaturated/α-hetero) is 1. The number of nitrogens with one attached hydrogen (secondary N) is 1. The normalized spacial score (nSPS) is 24.4. The van der Waals surface area contributed by atoms with Gasteiger partial charge in [0.1, 0.15) is 5.78 Å². The first-order valence-electron chi connectivity index (χ1n) is 11.0. The molecule has 166 valence electrons. The average molecular weight is 410 g/mol. The molecule has 6 heteroatoms. The van der Waals surface area contributed by atoms with Gasteiger partial charge >= 0.3 is 0 Å². The SMILES string of the molecule is CCCCC[C@H](O)/C=C/[C@H]1[C@H](O)CC(=O)[C@@H]1C/C=C\CCCC(=O)N[C@H](C)CO. The van der Waals surface area contributed by atoms with E-state index in [1.54, 1.807) is 13.0 Å². The average Bonchev–Trinajstić information content (AvgIpc) is 2.95. The molecule has 0 spiro atoms. The fraction of sp³-hybridized carbons (Fsp3) is 0.739. The van der Waals surface area contributed by atoms with Gasteiger partial charge in [-0.1, -0.05) is 50.5 Å². The molecule has 0 saturated heterocycles. The minimum Gasteiger partial charge on any atom is -0.394 e. The summed E-state index contributed by atoms with van der Waals surface area (Å²) in [5.74, 6) is -0.515. The fourth-order valence-electron chi connectivity index (χ4n) is 3.62. The van der Waals surface area contributed by atoms with Crippen LogP contribution in [0, 0.1) is 11.8 Å². The fourth-order valence-corrected chi connectivity index (χ4v) is 3.62. The first-order chi connectivity index (χ1) is 13.9. The zero-order valence-electron chi connectivity index (χ0n) is 17.9. The molecule has 1 amide bonds. The summed E-state index contributed by atoms with van der Waals surface area (Å²) in [7, 11) is 0. The van der Waals surface area contributed by atoms with Crippen molar-refractivity contribution in [3.8, 4) is 0 Å². The highest BCUT2D eigenvalue weighted by atomic mass is 16.3. The Morgan fingerprint density at radius 1 is 1.28 bits per heavy atom. The van der Waals surface area contributed by atoms with E-state index in [0.717, 1.165) is 25.7 Å². The van der Waals surface area contributed by atoms with E-state index in [-0.39, 0.29) is 42.6 Å². The van der Waals surface area contributed by atoms with Crippen LogP contribution in [0.3, 0.4) is 0 Å². The number of hydrogen-bond acceptors (Lipinski definition) is 5. The molecule has 0 aromatic carbocycles. The molecule has 0 radical (unpaired) electrons. The van der Waals surface area contributed by atoms with Crippen molar-refractivity contribution >= 4 is 11.7 Å². The summed E-state index contributed by atoms with van der Waals surface area (Å²) >= 11 is 0. The molecule has 0 aromatic rings. The molecule has 6 nitrogen and oxygen atoms in total. The Bertz CT molecular complexity index is 545. The molecule has 0 unspecified atom stereocenters. The molecule has 1 saturated carbocycles. The Balaban J connectivity index is 2.40. The van der Waals surface area contributed by atoms with Gasteiger partial charge in [-0.25, -0.2) is 0 Å².